The summed E-state index contributed by atoms with van der Waals surface area (Å²) in [6.07, 6.45) is 3.90. The van der Waals surface area contributed by atoms with Crippen molar-refractivity contribution in [2.24, 2.45) is 0 Å². The average Bonchev–Trinajstić information content (AvgIpc) is 3.10. The first kappa shape index (κ1) is 17.1. The number of aromatic nitrogens is 4. The van der Waals surface area contributed by atoms with Crippen LogP contribution < -0.4 is 10.6 Å². The summed E-state index contributed by atoms with van der Waals surface area (Å²) >= 11 is 0. The highest BCUT2D eigenvalue weighted by molar-refractivity contribution is 5.91. The van der Waals surface area contributed by atoms with Gasteiger partial charge in [-0.05, 0) is 42.3 Å². The minimum absolute atomic E-state index is 0.0180. The molecule has 3 N–H and O–H groups in total. The molecule has 1 amide bonds. The minimum Gasteiger partial charge on any atom is -0.360 e. The van der Waals surface area contributed by atoms with E-state index in [1.807, 2.05) is 31.2 Å². The van der Waals surface area contributed by atoms with Gasteiger partial charge in [-0.15, -0.1) is 10.2 Å². The van der Waals surface area contributed by atoms with E-state index < -0.39 is 0 Å². The maximum absolute atomic E-state index is 11.8. The number of hydrogen-bond donors (Lipinski definition) is 3. The maximum Gasteiger partial charge on any atom is 0.224 e. The molecular weight excluding hydrogens is 306 g/mol. The van der Waals surface area contributed by atoms with E-state index in [-0.39, 0.29) is 17.3 Å². The number of allylic oxidation sites excluding steroid dienone is 1. The number of nitrogens with zero attached hydrogens (tertiary/aromatic N) is 4. The fraction of sp³-hybridized carbons (Fsp3) is 0.312. The number of amides is 1. The van der Waals surface area contributed by atoms with E-state index in [1.54, 1.807) is 0 Å². The Morgan fingerprint density at radius 1 is 1.46 bits per heavy atom. The van der Waals surface area contributed by atoms with Gasteiger partial charge in [-0.1, -0.05) is 13.3 Å². The van der Waals surface area contributed by atoms with E-state index in [0.29, 0.717) is 6.42 Å². The predicted molar refractivity (Wildman–Crippen MR) is 90.7 cm³/mol. The molecule has 0 saturated heterocycles. The lowest BCUT2D eigenvalue weighted by atomic mass is 10.1. The van der Waals surface area contributed by atoms with Crippen LogP contribution in [0.1, 0.15) is 37.6 Å². The third-order valence-corrected chi connectivity index (χ3v) is 3.35. The lowest BCUT2D eigenvalue weighted by Gasteiger charge is -2.10. The number of rotatable bonds is 7. The van der Waals surface area contributed by atoms with Crippen LogP contribution in [0.3, 0.4) is 0 Å². The number of anilines is 2. The topological polar surface area (TPSA) is 119 Å². The zero-order chi connectivity index (χ0) is 17.4. The number of tetrazole rings is 1. The molecule has 8 heteroatoms. The van der Waals surface area contributed by atoms with Crippen molar-refractivity contribution in [1.82, 2.24) is 20.6 Å². The molecule has 0 bridgehead atoms. The van der Waals surface area contributed by atoms with Crippen LogP contribution in [0.25, 0.3) is 5.57 Å². The van der Waals surface area contributed by atoms with Crippen molar-refractivity contribution >= 4 is 22.9 Å². The quantitative estimate of drug-likeness (QED) is 0.673. The second kappa shape index (κ2) is 8.43. The molecule has 8 nitrogen and oxygen atoms in total. The van der Waals surface area contributed by atoms with Gasteiger partial charge in [0.15, 0.2) is 0 Å². The van der Waals surface area contributed by atoms with Crippen LogP contribution in [0.5, 0.6) is 0 Å². The van der Waals surface area contributed by atoms with Gasteiger partial charge in [0.05, 0.1) is 0 Å². The zero-order valence-electron chi connectivity index (χ0n) is 13.6. The van der Waals surface area contributed by atoms with Crippen LogP contribution in [-0.4, -0.2) is 26.5 Å². The standard InChI is InChI=1S/C16H19N7O/c1-3-4-5-15(24)19-14-7-6-13(8-11(14)2)18-10-12(9-17)16-20-22-23-21-16/h6-8,10,18H,3-5H2,1-2H3,(H,19,24)(H,20,21,22,23). The van der Waals surface area contributed by atoms with Crippen LogP contribution in [0.4, 0.5) is 11.4 Å². The van der Waals surface area contributed by atoms with Crippen molar-refractivity contribution in [3.05, 3.63) is 35.8 Å². The smallest absolute Gasteiger partial charge is 0.224 e. The average molecular weight is 325 g/mol. The molecule has 0 spiro atoms. The van der Waals surface area contributed by atoms with Crippen LogP contribution in [0.2, 0.25) is 0 Å². The van der Waals surface area contributed by atoms with Gasteiger partial charge in [0.1, 0.15) is 11.6 Å². The molecule has 0 aliphatic rings. The lowest BCUT2D eigenvalue weighted by Crippen LogP contribution is -2.11. The number of H-pyrrole nitrogens is 1. The SMILES string of the molecule is CCCCC(=O)Nc1ccc(NC=C(C#N)c2nn[nH]n2)cc1C. The van der Waals surface area contributed by atoms with E-state index in [4.69, 9.17) is 5.26 Å². The molecule has 0 fully saturated rings. The van der Waals surface area contributed by atoms with Gasteiger partial charge in [0.2, 0.25) is 11.7 Å². The number of carbonyl (C=O) groups is 1. The molecule has 1 aromatic carbocycles. The largest absolute Gasteiger partial charge is 0.360 e. The molecule has 2 rings (SSSR count). The van der Waals surface area contributed by atoms with Crippen LogP contribution >= 0.6 is 0 Å². The number of benzene rings is 1. The Balaban J connectivity index is 2.04. The number of nitriles is 1. The number of nitrogens with one attached hydrogen (secondary N) is 3. The second-order valence-corrected chi connectivity index (χ2v) is 5.23. The van der Waals surface area contributed by atoms with Gasteiger partial charge in [0.25, 0.3) is 0 Å². The monoisotopic (exact) mass is 325 g/mol. The van der Waals surface area contributed by atoms with E-state index in [9.17, 15) is 4.79 Å². The number of aryl methyl sites for hydroxylation is 1. The molecule has 1 heterocycles. The van der Waals surface area contributed by atoms with Crippen molar-refractivity contribution in [1.29, 1.82) is 5.26 Å². The third kappa shape index (κ3) is 4.64. The Morgan fingerprint density at radius 2 is 2.29 bits per heavy atom. The van der Waals surface area contributed by atoms with Crippen LogP contribution in [0.15, 0.2) is 24.4 Å². The van der Waals surface area contributed by atoms with Crippen molar-refractivity contribution in [2.75, 3.05) is 10.6 Å². The third-order valence-electron chi connectivity index (χ3n) is 3.35. The molecule has 124 valence electrons. The molecule has 1 aromatic heterocycles. The Bertz CT molecular complexity index is 759. The van der Waals surface area contributed by atoms with Crippen molar-refractivity contribution in [3.63, 3.8) is 0 Å². The van der Waals surface area contributed by atoms with Gasteiger partial charge in [0, 0.05) is 24.0 Å². The molecule has 0 radical (unpaired) electrons. The molecule has 0 saturated carbocycles. The number of unbranched alkanes of at least 4 members (excludes halogenated alkanes) is 1. The highest BCUT2D eigenvalue weighted by atomic mass is 16.1. The first-order chi connectivity index (χ1) is 11.6. The normalized spacial score (nSPS) is 11.0. The molecule has 2 aromatic rings. The molecule has 0 atom stereocenters. The fourth-order valence-corrected chi connectivity index (χ4v) is 2.02. The van der Waals surface area contributed by atoms with Crippen LogP contribution in [0, 0.1) is 18.3 Å². The predicted octanol–water partition coefficient (Wildman–Crippen LogP) is 2.61. The van der Waals surface area contributed by atoms with Gasteiger partial charge in [-0.2, -0.15) is 10.5 Å². The van der Waals surface area contributed by atoms with Gasteiger partial charge in [-0.3, -0.25) is 4.79 Å². The summed E-state index contributed by atoms with van der Waals surface area (Å²) in [6.45, 7) is 3.96. The first-order valence-electron chi connectivity index (χ1n) is 7.65. The summed E-state index contributed by atoms with van der Waals surface area (Å²) in [5.74, 6) is 0.242. The van der Waals surface area contributed by atoms with Crippen molar-refractivity contribution < 1.29 is 4.79 Å². The van der Waals surface area contributed by atoms with E-state index in [2.05, 4.69) is 38.2 Å². The highest BCUT2D eigenvalue weighted by Crippen LogP contribution is 2.20. The summed E-state index contributed by atoms with van der Waals surface area (Å²) in [5.41, 5.74) is 2.76. The summed E-state index contributed by atoms with van der Waals surface area (Å²) in [5, 5.41) is 28.3. The Morgan fingerprint density at radius 3 is 2.92 bits per heavy atom. The van der Waals surface area contributed by atoms with Crippen molar-refractivity contribution in [2.45, 2.75) is 33.1 Å². The Kier molecular flexibility index (Phi) is 6.02. The Hall–Kier alpha value is -3.21. The van der Waals surface area contributed by atoms with E-state index in [1.165, 1.54) is 6.20 Å². The second-order valence-electron chi connectivity index (χ2n) is 5.23. The number of carbonyl (C=O) groups excluding carboxylic acids is 1. The molecular formula is C16H19N7O. The van der Waals surface area contributed by atoms with Crippen molar-refractivity contribution in [3.8, 4) is 6.07 Å². The number of aromatic amines is 1. The van der Waals surface area contributed by atoms with Gasteiger partial charge < -0.3 is 10.6 Å². The zero-order valence-corrected chi connectivity index (χ0v) is 13.6. The minimum atomic E-state index is 0.0180. The summed E-state index contributed by atoms with van der Waals surface area (Å²) in [6, 6.07) is 7.54. The molecule has 24 heavy (non-hydrogen) atoms. The summed E-state index contributed by atoms with van der Waals surface area (Å²) < 4.78 is 0. The summed E-state index contributed by atoms with van der Waals surface area (Å²) in [7, 11) is 0. The first-order valence-corrected chi connectivity index (χ1v) is 7.65. The fourth-order valence-electron chi connectivity index (χ4n) is 2.02. The number of hydrogen-bond acceptors (Lipinski definition) is 6. The van der Waals surface area contributed by atoms with E-state index >= 15 is 0 Å². The molecule has 0 aliphatic heterocycles. The van der Waals surface area contributed by atoms with Gasteiger partial charge >= 0.3 is 0 Å². The molecule has 0 unspecified atom stereocenters. The van der Waals surface area contributed by atoms with Crippen LogP contribution in [-0.2, 0) is 4.79 Å². The molecule has 0 aliphatic carbocycles. The lowest BCUT2D eigenvalue weighted by molar-refractivity contribution is -0.116. The van der Waals surface area contributed by atoms with E-state index in [0.717, 1.165) is 29.8 Å². The summed E-state index contributed by atoms with van der Waals surface area (Å²) in [4.78, 5) is 11.8. The maximum atomic E-state index is 11.8. The van der Waals surface area contributed by atoms with Gasteiger partial charge in [-0.25, -0.2) is 0 Å². The highest BCUT2D eigenvalue weighted by Gasteiger charge is 2.07. The Labute approximate surface area is 140 Å².